The molecule has 0 saturated heterocycles. The quantitative estimate of drug-likeness (QED) is 0.185. The Bertz CT molecular complexity index is 2770. The third-order valence-corrected chi connectivity index (χ3v) is 10.7. The molecule has 3 heterocycles. The van der Waals surface area contributed by atoms with Crippen molar-refractivity contribution in [1.82, 2.24) is 15.0 Å². The maximum Gasteiger partial charge on any atom is 0.164 e. The Kier molecular flexibility index (Phi) is 7.36. The van der Waals surface area contributed by atoms with Gasteiger partial charge < -0.3 is 4.42 Å². The number of furan rings is 1. The monoisotopic (exact) mass is 683 g/mol. The van der Waals surface area contributed by atoms with Gasteiger partial charge in [-0.1, -0.05) is 157 Å². The second kappa shape index (κ2) is 12.6. The van der Waals surface area contributed by atoms with Crippen LogP contribution in [0.15, 0.2) is 178 Å². The predicted molar refractivity (Wildman–Crippen MR) is 214 cm³/mol. The Hall–Kier alpha value is -6.56. The van der Waals surface area contributed by atoms with Gasteiger partial charge in [0.15, 0.2) is 17.5 Å². The standard InChI is InChI=1S/C47H29N3OS/c1-3-14-32(15-4-1)45-48-46(33-16-5-2-6-17-33)50-47(49-45)34-26-25-31-24-23-30-13-7-8-18-35(30)37-20-10-12-22-43(37)52-44-29-39-36-19-9-11-21-41(36)51-42(39)28-40(44)38(31)27-34/h1-29H. The normalized spacial score (nSPS) is 12.1. The summed E-state index contributed by atoms with van der Waals surface area (Å²) in [5, 5.41) is 2.20. The Labute approximate surface area is 305 Å². The van der Waals surface area contributed by atoms with Crippen molar-refractivity contribution >= 4 is 45.9 Å². The molecular weight excluding hydrogens is 655 g/mol. The highest BCUT2D eigenvalue weighted by Crippen LogP contribution is 2.46. The topological polar surface area (TPSA) is 51.8 Å². The Morgan fingerprint density at radius 1 is 0.365 bits per heavy atom. The number of nitrogens with zero attached hydrogens (tertiary/aromatic N) is 3. The van der Waals surface area contributed by atoms with E-state index < -0.39 is 0 Å². The molecule has 2 aromatic heterocycles. The molecule has 0 unspecified atom stereocenters. The highest BCUT2D eigenvalue weighted by atomic mass is 32.2. The van der Waals surface area contributed by atoms with Crippen LogP contribution >= 0.6 is 11.8 Å². The molecule has 0 atom stereocenters. The van der Waals surface area contributed by atoms with Crippen LogP contribution in [0.1, 0.15) is 11.1 Å². The summed E-state index contributed by atoms with van der Waals surface area (Å²) < 4.78 is 6.49. The first-order chi connectivity index (χ1) is 25.7. The van der Waals surface area contributed by atoms with E-state index in [0.29, 0.717) is 17.5 Å². The van der Waals surface area contributed by atoms with E-state index >= 15 is 0 Å². The van der Waals surface area contributed by atoms with Gasteiger partial charge in [0.2, 0.25) is 0 Å². The van der Waals surface area contributed by atoms with Crippen LogP contribution in [0.2, 0.25) is 0 Å². The van der Waals surface area contributed by atoms with E-state index in [-0.39, 0.29) is 0 Å². The zero-order valence-electron chi connectivity index (χ0n) is 27.9. The Morgan fingerprint density at radius 3 is 1.71 bits per heavy atom. The number of para-hydroxylation sites is 1. The summed E-state index contributed by atoms with van der Waals surface area (Å²) in [7, 11) is 0. The van der Waals surface area contributed by atoms with Gasteiger partial charge >= 0.3 is 0 Å². The lowest BCUT2D eigenvalue weighted by Gasteiger charge is -2.16. The van der Waals surface area contributed by atoms with Gasteiger partial charge in [0.05, 0.1) is 0 Å². The average molecular weight is 684 g/mol. The van der Waals surface area contributed by atoms with Crippen molar-refractivity contribution in [2.75, 3.05) is 0 Å². The zero-order valence-corrected chi connectivity index (χ0v) is 28.7. The van der Waals surface area contributed by atoms with Crippen molar-refractivity contribution in [2.24, 2.45) is 0 Å². The van der Waals surface area contributed by atoms with Gasteiger partial charge in [-0.3, -0.25) is 0 Å². The second-order valence-corrected chi connectivity index (χ2v) is 13.9. The zero-order chi connectivity index (χ0) is 34.4. The van der Waals surface area contributed by atoms with Crippen molar-refractivity contribution in [3.05, 3.63) is 175 Å². The summed E-state index contributed by atoms with van der Waals surface area (Å²) >= 11 is 1.79. The van der Waals surface area contributed by atoms with Gasteiger partial charge in [-0.15, -0.1) is 0 Å². The minimum atomic E-state index is 0.614. The van der Waals surface area contributed by atoms with E-state index in [0.717, 1.165) is 65.8 Å². The van der Waals surface area contributed by atoms with Crippen LogP contribution in [0.5, 0.6) is 0 Å². The first kappa shape index (κ1) is 30.3. The van der Waals surface area contributed by atoms with Crippen LogP contribution in [0.25, 0.3) is 90.5 Å². The highest BCUT2D eigenvalue weighted by molar-refractivity contribution is 7.99. The Morgan fingerprint density at radius 2 is 0.962 bits per heavy atom. The molecule has 0 spiro atoms. The van der Waals surface area contributed by atoms with E-state index in [1.165, 1.54) is 16.0 Å². The van der Waals surface area contributed by atoms with Gasteiger partial charge in [-0.05, 0) is 63.7 Å². The van der Waals surface area contributed by atoms with E-state index in [4.69, 9.17) is 19.4 Å². The summed E-state index contributed by atoms with van der Waals surface area (Å²) in [6.45, 7) is 0. The predicted octanol–water partition coefficient (Wildman–Crippen LogP) is 12.7. The highest BCUT2D eigenvalue weighted by Gasteiger charge is 2.20. The number of fused-ring (bicyclic) bond motifs is 9. The van der Waals surface area contributed by atoms with Gasteiger partial charge in [0.1, 0.15) is 11.2 Å². The Balaban J connectivity index is 1.24. The fourth-order valence-corrected chi connectivity index (χ4v) is 8.15. The van der Waals surface area contributed by atoms with Gasteiger partial charge in [0.25, 0.3) is 0 Å². The van der Waals surface area contributed by atoms with Gasteiger partial charge in [-0.25, -0.2) is 15.0 Å². The molecule has 0 bridgehead atoms. The van der Waals surface area contributed by atoms with E-state index in [9.17, 15) is 0 Å². The number of rotatable bonds is 3. The van der Waals surface area contributed by atoms with E-state index in [1.54, 1.807) is 11.8 Å². The summed E-state index contributed by atoms with van der Waals surface area (Å²) in [6, 6.07) is 56.8. The molecule has 0 radical (unpaired) electrons. The van der Waals surface area contributed by atoms with E-state index in [1.807, 2.05) is 72.8 Å². The number of aromatic nitrogens is 3. The third-order valence-electron chi connectivity index (χ3n) is 9.58. The molecule has 0 amide bonds. The van der Waals surface area contributed by atoms with Gasteiger partial charge in [-0.2, -0.15) is 0 Å². The van der Waals surface area contributed by atoms with Crippen molar-refractivity contribution in [3.8, 4) is 56.4 Å². The summed E-state index contributed by atoms with van der Waals surface area (Å²) in [5.41, 5.74) is 11.3. The van der Waals surface area contributed by atoms with Crippen molar-refractivity contribution < 1.29 is 4.42 Å². The number of benzene rings is 7. The molecule has 52 heavy (non-hydrogen) atoms. The molecule has 1 aliphatic heterocycles. The van der Waals surface area contributed by atoms with Crippen LogP contribution in [0.3, 0.4) is 0 Å². The van der Waals surface area contributed by atoms with Crippen molar-refractivity contribution in [1.29, 1.82) is 0 Å². The first-order valence-corrected chi connectivity index (χ1v) is 18.1. The second-order valence-electron chi connectivity index (χ2n) is 12.8. The van der Waals surface area contributed by atoms with Crippen LogP contribution in [-0.4, -0.2) is 15.0 Å². The van der Waals surface area contributed by atoms with Gasteiger partial charge in [0, 0.05) is 37.3 Å². The first-order valence-electron chi connectivity index (χ1n) is 17.3. The lowest BCUT2D eigenvalue weighted by atomic mass is 9.94. The fourth-order valence-electron chi connectivity index (χ4n) is 7.02. The minimum Gasteiger partial charge on any atom is -0.456 e. The molecule has 0 N–H and O–H groups in total. The van der Waals surface area contributed by atoms with E-state index in [2.05, 4.69) is 103 Å². The molecule has 1 aliphatic rings. The number of hydrogen-bond donors (Lipinski definition) is 0. The maximum absolute atomic E-state index is 6.49. The van der Waals surface area contributed by atoms with Crippen LogP contribution in [0, 0.1) is 0 Å². The smallest absolute Gasteiger partial charge is 0.164 e. The molecule has 9 aromatic rings. The fraction of sp³-hybridized carbons (Fsp3) is 0. The molecule has 0 saturated carbocycles. The minimum absolute atomic E-state index is 0.614. The molecule has 5 heteroatoms. The molecule has 10 rings (SSSR count). The average Bonchev–Trinajstić information content (AvgIpc) is 3.57. The molecule has 4 nitrogen and oxygen atoms in total. The van der Waals surface area contributed by atoms with Crippen molar-refractivity contribution in [3.63, 3.8) is 0 Å². The van der Waals surface area contributed by atoms with Crippen LogP contribution in [-0.2, 0) is 0 Å². The lowest BCUT2D eigenvalue weighted by Crippen LogP contribution is -2.00. The molecule has 0 aliphatic carbocycles. The molecular formula is C47H29N3OS. The summed E-state index contributed by atoms with van der Waals surface area (Å²) in [5.74, 6) is 1.88. The third kappa shape index (κ3) is 5.39. The summed E-state index contributed by atoms with van der Waals surface area (Å²) in [4.78, 5) is 17.4. The maximum atomic E-state index is 6.49. The van der Waals surface area contributed by atoms with Crippen LogP contribution in [0.4, 0.5) is 0 Å². The summed E-state index contributed by atoms with van der Waals surface area (Å²) in [6.07, 6.45) is 4.45. The number of hydrogen-bond acceptors (Lipinski definition) is 5. The molecule has 0 fully saturated rings. The molecule has 244 valence electrons. The van der Waals surface area contributed by atoms with Crippen molar-refractivity contribution in [2.45, 2.75) is 9.79 Å². The lowest BCUT2D eigenvalue weighted by molar-refractivity contribution is 0.669. The SMILES string of the molecule is C1=Cc2ccc(-c3nc(-c4ccccc4)nc(-c4ccccc4)n3)cc2-c2cc3oc4ccccc4c3cc2Sc2ccccc2-c2ccccc21. The van der Waals surface area contributed by atoms with Crippen LogP contribution < -0.4 is 0 Å². The molecule has 7 aromatic carbocycles. The largest absolute Gasteiger partial charge is 0.456 e.